The van der Waals surface area contributed by atoms with Crippen LogP contribution in [0.2, 0.25) is 0 Å². The van der Waals surface area contributed by atoms with Gasteiger partial charge in [-0.1, -0.05) is 26.7 Å². The maximum absolute atomic E-state index is 10.6. The third-order valence-corrected chi connectivity index (χ3v) is 2.42. The minimum atomic E-state index is -0.758. The van der Waals surface area contributed by atoms with Gasteiger partial charge in [0.15, 0.2) is 0 Å². The van der Waals surface area contributed by atoms with E-state index in [1.165, 1.54) is 12.8 Å². The van der Waals surface area contributed by atoms with Gasteiger partial charge in [-0.25, -0.2) is 0 Å². The molecule has 0 radical (unpaired) electrons. The Labute approximate surface area is 80.3 Å². The Hall–Kier alpha value is -0.570. The maximum atomic E-state index is 10.6. The molecule has 3 heteroatoms. The van der Waals surface area contributed by atoms with E-state index in [1.807, 2.05) is 0 Å². The number of nitrogens with two attached hydrogens (primary N) is 1. The summed E-state index contributed by atoms with van der Waals surface area (Å²) < 4.78 is 0. The van der Waals surface area contributed by atoms with Crippen LogP contribution in [0.25, 0.3) is 0 Å². The van der Waals surface area contributed by atoms with E-state index in [1.54, 1.807) is 0 Å². The van der Waals surface area contributed by atoms with Crippen molar-refractivity contribution in [1.82, 2.24) is 0 Å². The average molecular weight is 187 g/mol. The van der Waals surface area contributed by atoms with Crippen molar-refractivity contribution in [3.63, 3.8) is 0 Å². The normalized spacial score (nSPS) is 15.3. The number of hydrogen-bond acceptors (Lipinski definition) is 2. The van der Waals surface area contributed by atoms with E-state index in [4.69, 9.17) is 10.8 Å². The van der Waals surface area contributed by atoms with Gasteiger partial charge in [-0.2, -0.15) is 0 Å². The number of carboxylic acids is 1. The quantitative estimate of drug-likeness (QED) is 0.639. The first kappa shape index (κ1) is 12.4. The zero-order chi connectivity index (χ0) is 10.3. The van der Waals surface area contributed by atoms with E-state index in [0.717, 1.165) is 6.42 Å². The lowest BCUT2D eigenvalue weighted by Crippen LogP contribution is -2.23. The van der Waals surface area contributed by atoms with Crippen molar-refractivity contribution in [1.29, 1.82) is 0 Å². The Morgan fingerprint density at radius 3 is 2.38 bits per heavy atom. The second-order valence-electron chi connectivity index (χ2n) is 3.74. The van der Waals surface area contributed by atoms with Gasteiger partial charge in [0.25, 0.3) is 0 Å². The van der Waals surface area contributed by atoms with Crippen molar-refractivity contribution in [3.8, 4) is 0 Å². The van der Waals surface area contributed by atoms with Gasteiger partial charge in [-0.3, -0.25) is 4.79 Å². The number of carboxylic acid groups (broad SMARTS) is 1. The summed E-state index contributed by atoms with van der Waals surface area (Å²) in [5, 5.41) is 8.74. The van der Waals surface area contributed by atoms with Crippen LogP contribution >= 0.6 is 0 Å². The van der Waals surface area contributed by atoms with Crippen molar-refractivity contribution in [2.75, 3.05) is 6.54 Å². The maximum Gasteiger partial charge on any atom is 0.307 e. The van der Waals surface area contributed by atoms with Gasteiger partial charge in [0.05, 0.1) is 5.92 Å². The summed E-state index contributed by atoms with van der Waals surface area (Å²) in [6, 6.07) is 0. The first-order chi connectivity index (χ1) is 6.11. The first-order valence-corrected chi connectivity index (χ1v) is 5.04. The number of aliphatic carboxylic acids is 1. The largest absolute Gasteiger partial charge is 0.481 e. The fourth-order valence-electron chi connectivity index (χ4n) is 1.46. The van der Waals surface area contributed by atoms with Crippen LogP contribution in [0.4, 0.5) is 0 Å². The lowest BCUT2D eigenvalue weighted by Gasteiger charge is -2.13. The van der Waals surface area contributed by atoms with Gasteiger partial charge >= 0.3 is 5.97 Å². The van der Waals surface area contributed by atoms with Gasteiger partial charge in [0.2, 0.25) is 0 Å². The average Bonchev–Trinajstić information content (AvgIpc) is 2.05. The van der Waals surface area contributed by atoms with Gasteiger partial charge in [0.1, 0.15) is 0 Å². The number of hydrogen-bond donors (Lipinski definition) is 2. The highest BCUT2D eigenvalue weighted by Gasteiger charge is 2.15. The second kappa shape index (κ2) is 6.89. The van der Waals surface area contributed by atoms with E-state index >= 15 is 0 Å². The lowest BCUT2D eigenvalue weighted by molar-refractivity contribution is -0.141. The highest BCUT2D eigenvalue weighted by atomic mass is 16.4. The molecule has 13 heavy (non-hydrogen) atoms. The molecule has 0 aliphatic carbocycles. The lowest BCUT2D eigenvalue weighted by atomic mass is 9.94. The molecule has 0 aromatic carbocycles. The molecule has 0 saturated heterocycles. The number of carbonyl (C=O) groups is 1. The van der Waals surface area contributed by atoms with Crippen molar-refractivity contribution in [2.24, 2.45) is 17.6 Å². The van der Waals surface area contributed by atoms with Crippen LogP contribution in [0, 0.1) is 11.8 Å². The molecule has 0 rings (SSSR count). The van der Waals surface area contributed by atoms with Crippen LogP contribution in [0.1, 0.15) is 39.5 Å². The van der Waals surface area contributed by atoms with Crippen LogP contribution < -0.4 is 5.73 Å². The first-order valence-electron chi connectivity index (χ1n) is 5.04. The van der Waals surface area contributed by atoms with Crippen molar-refractivity contribution >= 4 is 5.97 Å². The molecule has 0 aliphatic rings. The molecular weight excluding hydrogens is 166 g/mol. The Balaban J connectivity index is 3.65. The van der Waals surface area contributed by atoms with Crippen LogP contribution in [0.15, 0.2) is 0 Å². The summed E-state index contributed by atoms with van der Waals surface area (Å²) in [7, 11) is 0. The molecule has 3 N–H and O–H groups in total. The summed E-state index contributed by atoms with van der Waals surface area (Å²) in [5.74, 6) is -0.482. The molecule has 0 aromatic rings. The third-order valence-electron chi connectivity index (χ3n) is 2.42. The molecule has 2 atom stereocenters. The second-order valence-corrected chi connectivity index (χ2v) is 3.74. The topological polar surface area (TPSA) is 63.3 Å². The summed E-state index contributed by atoms with van der Waals surface area (Å²) in [5.41, 5.74) is 5.35. The minimum absolute atomic E-state index is 0.258. The minimum Gasteiger partial charge on any atom is -0.481 e. The van der Waals surface area contributed by atoms with Crippen LogP contribution in [-0.4, -0.2) is 17.6 Å². The van der Waals surface area contributed by atoms with E-state index in [2.05, 4.69) is 13.8 Å². The zero-order valence-electron chi connectivity index (χ0n) is 8.62. The van der Waals surface area contributed by atoms with Crippen LogP contribution in [0.5, 0.6) is 0 Å². The molecule has 0 aliphatic heterocycles. The zero-order valence-corrected chi connectivity index (χ0v) is 8.62. The molecule has 0 saturated carbocycles. The predicted molar refractivity (Wildman–Crippen MR) is 53.5 cm³/mol. The van der Waals surface area contributed by atoms with Crippen molar-refractivity contribution < 1.29 is 9.90 Å². The predicted octanol–water partition coefficient (Wildman–Crippen LogP) is 1.86. The SMILES string of the molecule is CCCC(C)CC[C@H](CN)C(=O)O. The number of rotatable bonds is 7. The summed E-state index contributed by atoms with van der Waals surface area (Å²) in [6.07, 6.45) is 4.04. The summed E-state index contributed by atoms with van der Waals surface area (Å²) in [4.78, 5) is 10.6. The van der Waals surface area contributed by atoms with Gasteiger partial charge in [0, 0.05) is 6.54 Å². The van der Waals surface area contributed by atoms with E-state index in [-0.39, 0.29) is 12.5 Å². The molecule has 78 valence electrons. The summed E-state index contributed by atoms with van der Waals surface area (Å²) in [6.45, 7) is 4.57. The smallest absolute Gasteiger partial charge is 0.307 e. The Bertz CT molecular complexity index is 148. The molecule has 0 heterocycles. The van der Waals surface area contributed by atoms with E-state index in [0.29, 0.717) is 12.3 Å². The van der Waals surface area contributed by atoms with Crippen molar-refractivity contribution in [3.05, 3.63) is 0 Å². The van der Waals surface area contributed by atoms with E-state index < -0.39 is 5.97 Å². The van der Waals surface area contributed by atoms with E-state index in [9.17, 15) is 4.79 Å². The monoisotopic (exact) mass is 187 g/mol. The third kappa shape index (κ3) is 5.64. The fourth-order valence-corrected chi connectivity index (χ4v) is 1.46. The highest BCUT2D eigenvalue weighted by Crippen LogP contribution is 2.16. The Morgan fingerprint density at radius 1 is 1.38 bits per heavy atom. The molecule has 0 amide bonds. The molecule has 3 nitrogen and oxygen atoms in total. The molecule has 0 aromatic heterocycles. The van der Waals surface area contributed by atoms with Gasteiger partial charge < -0.3 is 10.8 Å². The van der Waals surface area contributed by atoms with Crippen LogP contribution in [-0.2, 0) is 4.79 Å². The molecule has 0 spiro atoms. The fraction of sp³-hybridized carbons (Fsp3) is 0.900. The van der Waals surface area contributed by atoms with Crippen molar-refractivity contribution in [2.45, 2.75) is 39.5 Å². The molecule has 0 bridgehead atoms. The van der Waals surface area contributed by atoms with Crippen LogP contribution in [0.3, 0.4) is 0 Å². The Morgan fingerprint density at radius 2 is 2.00 bits per heavy atom. The molecule has 1 unspecified atom stereocenters. The van der Waals surface area contributed by atoms with Gasteiger partial charge in [-0.05, 0) is 18.8 Å². The van der Waals surface area contributed by atoms with Gasteiger partial charge in [-0.15, -0.1) is 0 Å². The highest BCUT2D eigenvalue weighted by molar-refractivity contribution is 5.70. The molecule has 0 fully saturated rings. The standard InChI is InChI=1S/C10H21NO2/c1-3-4-8(2)5-6-9(7-11)10(12)13/h8-9H,3-7,11H2,1-2H3,(H,12,13)/t8?,9-/m1/s1. The Kier molecular flexibility index (Phi) is 6.59. The summed E-state index contributed by atoms with van der Waals surface area (Å²) >= 11 is 0. The molecular formula is C10H21NO2.